The first-order valence-corrected chi connectivity index (χ1v) is 34.7. The van der Waals surface area contributed by atoms with Crippen molar-refractivity contribution in [3.8, 4) is 0 Å². The van der Waals surface area contributed by atoms with E-state index in [2.05, 4.69) is 118 Å². The number of allylic oxidation sites excluding steroid dienone is 16. The van der Waals surface area contributed by atoms with Crippen LogP contribution < -0.4 is 0 Å². The SMILES string of the molecule is CC/C=C\C/C=C\C/C=C\C/C=C\C/C=C\C/C=C\CCCCCCCCCCCCCCCCCCC(=O)OCC(COC(=O)CCCCCCCCCCCC)OC(=O)CCCCCCCCC/C=C\C/C=C\CCCCCC. The molecule has 1 atom stereocenters. The van der Waals surface area contributed by atoms with Crippen molar-refractivity contribution in [1.82, 2.24) is 0 Å². The van der Waals surface area contributed by atoms with Crippen molar-refractivity contribution >= 4 is 17.9 Å². The topological polar surface area (TPSA) is 78.9 Å². The molecule has 0 aromatic heterocycles. The maximum Gasteiger partial charge on any atom is 0.306 e. The number of ether oxygens (including phenoxy) is 3. The molecule has 0 radical (unpaired) electrons. The number of esters is 3. The molecule has 6 nitrogen and oxygen atoms in total. The van der Waals surface area contributed by atoms with Gasteiger partial charge in [0.15, 0.2) is 6.10 Å². The standard InChI is InChI=1S/C75H130O6/c1-4-7-10-13-16-19-22-24-26-28-30-31-32-33-34-35-36-37-38-39-40-41-42-43-44-45-46-48-49-51-53-56-59-62-65-68-74(77)80-71-72(70-79-73(76)67-64-61-58-55-21-18-15-12-9-6-3)81-75(78)69-66-63-60-57-54-52-50-47-29-27-25-23-20-17-14-11-8-5-2/h7,10,16,19-20,23-24,26-27,29-31,33-34,36-37,72H,4-6,8-9,11-15,17-18,21-22,25,28,32,35,38-71H2,1-3H3/b10-7-,19-16-,23-20-,26-24-,29-27-,31-30-,34-33-,37-36-. The first-order valence-electron chi connectivity index (χ1n) is 34.7. The van der Waals surface area contributed by atoms with Gasteiger partial charge in [0.2, 0.25) is 0 Å². The second-order valence-electron chi connectivity index (χ2n) is 23.1. The van der Waals surface area contributed by atoms with Crippen LogP contribution in [0, 0.1) is 0 Å². The van der Waals surface area contributed by atoms with Crippen molar-refractivity contribution in [3.63, 3.8) is 0 Å². The molecule has 0 aliphatic rings. The quantitative estimate of drug-likeness (QED) is 0.0261. The molecule has 0 rings (SSSR count). The largest absolute Gasteiger partial charge is 0.462 e. The van der Waals surface area contributed by atoms with Crippen molar-refractivity contribution in [2.75, 3.05) is 13.2 Å². The second kappa shape index (κ2) is 68.8. The van der Waals surface area contributed by atoms with Gasteiger partial charge in [-0.15, -0.1) is 0 Å². The summed E-state index contributed by atoms with van der Waals surface area (Å²) in [5, 5.41) is 0. The summed E-state index contributed by atoms with van der Waals surface area (Å²) in [7, 11) is 0. The molecule has 0 amide bonds. The molecular weight excluding hydrogens is 997 g/mol. The van der Waals surface area contributed by atoms with Crippen molar-refractivity contribution in [2.45, 2.75) is 348 Å². The minimum atomic E-state index is -0.778. The molecule has 0 aliphatic carbocycles. The number of rotatable bonds is 63. The molecule has 0 saturated carbocycles. The Morgan fingerprint density at radius 1 is 0.259 bits per heavy atom. The fraction of sp³-hybridized carbons (Fsp3) is 0.747. The van der Waals surface area contributed by atoms with Gasteiger partial charge in [-0.2, -0.15) is 0 Å². The number of hydrogen-bond acceptors (Lipinski definition) is 6. The van der Waals surface area contributed by atoms with Gasteiger partial charge in [0, 0.05) is 19.3 Å². The number of carbonyl (C=O) groups is 3. The molecule has 0 bridgehead atoms. The lowest BCUT2D eigenvalue weighted by molar-refractivity contribution is -0.167. The predicted molar refractivity (Wildman–Crippen MR) is 353 cm³/mol. The minimum Gasteiger partial charge on any atom is -0.462 e. The lowest BCUT2D eigenvalue weighted by Gasteiger charge is -2.18. The average Bonchev–Trinajstić information content (AvgIpc) is 3.47. The summed E-state index contributed by atoms with van der Waals surface area (Å²) < 4.78 is 16.9. The van der Waals surface area contributed by atoms with Crippen LogP contribution in [0.4, 0.5) is 0 Å². The van der Waals surface area contributed by atoms with Crippen molar-refractivity contribution in [2.24, 2.45) is 0 Å². The van der Waals surface area contributed by atoms with Crippen LogP contribution in [-0.4, -0.2) is 37.2 Å². The Hall–Kier alpha value is -3.67. The minimum absolute atomic E-state index is 0.0755. The van der Waals surface area contributed by atoms with Gasteiger partial charge in [0.1, 0.15) is 13.2 Å². The van der Waals surface area contributed by atoms with Crippen LogP contribution in [0.15, 0.2) is 97.2 Å². The number of unbranched alkanes of at least 4 members (excludes halogenated alkanes) is 36. The first kappa shape index (κ1) is 77.3. The van der Waals surface area contributed by atoms with Crippen LogP contribution in [0.5, 0.6) is 0 Å². The van der Waals surface area contributed by atoms with E-state index in [4.69, 9.17) is 14.2 Å². The van der Waals surface area contributed by atoms with Gasteiger partial charge in [-0.25, -0.2) is 0 Å². The molecule has 466 valence electrons. The third-order valence-electron chi connectivity index (χ3n) is 15.1. The molecule has 0 heterocycles. The van der Waals surface area contributed by atoms with Gasteiger partial charge in [0.05, 0.1) is 0 Å². The Morgan fingerprint density at radius 2 is 0.481 bits per heavy atom. The predicted octanol–water partition coefficient (Wildman–Crippen LogP) is 24.0. The molecule has 0 spiro atoms. The highest BCUT2D eigenvalue weighted by Gasteiger charge is 2.19. The van der Waals surface area contributed by atoms with Crippen LogP contribution in [0.2, 0.25) is 0 Å². The summed E-state index contributed by atoms with van der Waals surface area (Å²) in [5.74, 6) is -0.870. The molecule has 6 heteroatoms. The Bertz CT molecular complexity index is 1580. The smallest absolute Gasteiger partial charge is 0.306 e. The van der Waals surface area contributed by atoms with E-state index in [9.17, 15) is 14.4 Å². The summed E-state index contributed by atoms with van der Waals surface area (Å²) in [6, 6.07) is 0. The van der Waals surface area contributed by atoms with Crippen LogP contribution in [0.3, 0.4) is 0 Å². The van der Waals surface area contributed by atoms with E-state index in [0.717, 1.165) is 109 Å². The Labute approximate surface area is 502 Å². The molecule has 81 heavy (non-hydrogen) atoms. The summed E-state index contributed by atoms with van der Waals surface area (Å²) in [5.41, 5.74) is 0. The summed E-state index contributed by atoms with van der Waals surface area (Å²) in [6.45, 7) is 6.52. The maximum absolute atomic E-state index is 12.9. The number of carbonyl (C=O) groups excluding carboxylic acids is 3. The Kier molecular flexibility index (Phi) is 65.7. The fourth-order valence-corrected chi connectivity index (χ4v) is 9.89. The zero-order valence-electron chi connectivity index (χ0n) is 53.5. The van der Waals surface area contributed by atoms with Gasteiger partial charge in [-0.05, 0) is 103 Å². The van der Waals surface area contributed by atoms with Gasteiger partial charge in [-0.1, -0.05) is 317 Å². The van der Waals surface area contributed by atoms with E-state index < -0.39 is 6.10 Å². The third kappa shape index (κ3) is 67.0. The molecule has 0 aliphatic heterocycles. The number of hydrogen-bond donors (Lipinski definition) is 0. The van der Waals surface area contributed by atoms with Gasteiger partial charge in [-0.3, -0.25) is 14.4 Å². The van der Waals surface area contributed by atoms with E-state index >= 15 is 0 Å². The van der Waals surface area contributed by atoms with E-state index in [0.29, 0.717) is 19.3 Å². The van der Waals surface area contributed by atoms with Crippen LogP contribution >= 0.6 is 0 Å². The molecule has 0 N–H and O–H groups in total. The molecule has 1 unspecified atom stereocenters. The highest BCUT2D eigenvalue weighted by Crippen LogP contribution is 2.17. The van der Waals surface area contributed by atoms with E-state index in [-0.39, 0.29) is 31.1 Å². The normalized spacial score (nSPS) is 12.7. The zero-order valence-corrected chi connectivity index (χ0v) is 53.5. The molecular formula is C75H130O6. The van der Waals surface area contributed by atoms with Gasteiger partial charge < -0.3 is 14.2 Å². The van der Waals surface area contributed by atoms with Crippen molar-refractivity contribution < 1.29 is 28.6 Å². The highest BCUT2D eigenvalue weighted by atomic mass is 16.6. The maximum atomic E-state index is 12.9. The fourth-order valence-electron chi connectivity index (χ4n) is 9.89. The van der Waals surface area contributed by atoms with E-state index in [1.54, 1.807) is 0 Å². The Morgan fingerprint density at radius 3 is 0.765 bits per heavy atom. The highest BCUT2D eigenvalue weighted by molar-refractivity contribution is 5.71. The lowest BCUT2D eigenvalue weighted by atomic mass is 10.0. The first-order chi connectivity index (χ1) is 40.0. The third-order valence-corrected chi connectivity index (χ3v) is 15.1. The van der Waals surface area contributed by atoms with Crippen molar-refractivity contribution in [3.05, 3.63) is 97.2 Å². The monoisotopic (exact) mass is 1130 g/mol. The summed E-state index contributed by atoms with van der Waals surface area (Å²) >= 11 is 0. The van der Waals surface area contributed by atoms with Crippen LogP contribution in [0.1, 0.15) is 342 Å². The van der Waals surface area contributed by atoms with E-state index in [1.165, 1.54) is 193 Å². The summed E-state index contributed by atoms with van der Waals surface area (Å²) in [6.07, 6.45) is 93.0. The van der Waals surface area contributed by atoms with E-state index in [1.807, 2.05) is 0 Å². The molecule has 0 saturated heterocycles. The second-order valence-corrected chi connectivity index (χ2v) is 23.1. The molecule has 0 aromatic rings. The summed E-state index contributed by atoms with van der Waals surface area (Å²) in [4.78, 5) is 38.3. The lowest BCUT2D eigenvalue weighted by Crippen LogP contribution is -2.30. The van der Waals surface area contributed by atoms with Gasteiger partial charge in [0.25, 0.3) is 0 Å². The average molecular weight is 1130 g/mol. The molecule has 0 fully saturated rings. The van der Waals surface area contributed by atoms with Gasteiger partial charge >= 0.3 is 17.9 Å². The Balaban J connectivity index is 4.11. The van der Waals surface area contributed by atoms with Crippen LogP contribution in [0.25, 0.3) is 0 Å². The van der Waals surface area contributed by atoms with Crippen molar-refractivity contribution in [1.29, 1.82) is 0 Å². The zero-order chi connectivity index (χ0) is 58.5. The molecule has 0 aromatic carbocycles. The van der Waals surface area contributed by atoms with Crippen LogP contribution in [-0.2, 0) is 28.6 Å².